The topological polar surface area (TPSA) is 0 Å². The van der Waals surface area contributed by atoms with Crippen molar-refractivity contribution in [2.45, 2.75) is 103 Å². The van der Waals surface area contributed by atoms with E-state index in [2.05, 4.69) is 13.5 Å². The molecule has 0 aromatic rings. The third kappa shape index (κ3) is 21.0. The summed E-state index contributed by atoms with van der Waals surface area (Å²) in [5.41, 5.74) is 0. The largest absolute Gasteiger partial charge is 0.103 e. The first kappa shape index (κ1) is 21.8. The molecular weight excluding hydrogens is 344 g/mol. The Morgan fingerprint density at radius 1 is 0.579 bits per heavy atom. The molecule has 0 nitrogen and oxygen atoms in total. The first-order valence-corrected chi connectivity index (χ1v) is 8.52. The van der Waals surface area contributed by atoms with Gasteiger partial charge in [-0.1, -0.05) is 96.5 Å². The van der Waals surface area contributed by atoms with Crippen LogP contribution in [0.1, 0.15) is 103 Å². The summed E-state index contributed by atoms with van der Waals surface area (Å²) in [6, 6.07) is 0. The molecule has 0 amide bonds. The summed E-state index contributed by atoms with van der Waals surface area (Å²) in [5.74, 6) is 0. The van der Waals surface area contributed by atoms with Crippen LogP contribution in [0.15, 0.2) is 12.7 Å². The van der Waals surface area contributed by atoms with E-state index in [9.17, 15) is 0 Å². The molecule has 0 aliphatic heterocycles. The molecule has 0 unspecified atom stereocenters. The van der Waals surface area contributed by atoms with Crippen molar-refractivity contribution in [1.82, 2.24) is 0 Å². The molecule has 0 fully saturated rings. The average molecular weight is 380 g/mol. The Morgan fingerprint density at radius 2 is 0.895 bits per heavy atom. The number of rotatable bonds is 15. The molecule has 0 aliphatic carbocycles. The third-order valence-electron chi connectivity index (χ3n) is 3.76. The summed E-state index contributed by atoms with van der Waals surface area (Å²) in [6.07, 6.45) is 23.5. The van der Waals surface area contributed by atoms with E-state index in [0.29, 0.717) is 0 Å². The predicted molar refractivity (Wildman–Crippen MR) is 90.9 cm³/mol. The molecule has 0 heterocycles. The molecule has 19 heavy (non-hydrogen) atoms. The van der Waals surface area contributed by atoms with Crippen LogP contribution in [-0.2, 0) is 0 Å². The van der Waals surface area contributed by atoms with Crippen LogP contribution in [0.5, 0.6) is 0 Å². The number of hydrogen-bond donors (Lipinski definition) is 0. The van der Waals surface area contributed by atoms with E-state index in [0.717, 1.165) is 0 Å². The molecule has 0 aromatic carbocycles. The zero-order valence-electron chi connectivity index (χ0n) is 13.3. The molecule has 0 saturated heterocycles. The van der Waals surface area contributed by atoms with Crippen molar-refractivity contribution in [3.8, 4) is 0 Å². The molecule has 2 radical (unpaired) electrons. The molecule has 114 valence electrons. The first-order valence-electron chi connectivity index (χ1n) is 8.52. The van der Waals surface area contributed by atoms with Crippen molar-refractivity contribution in [1.29, 1.82) is 0 Å². The van der Waals surface area contributed by atoms with Crippen LogP contribution in [-0.4, -0.2) is 23.7 Å². The average Bonchev–Trinajstić information content (AvgIpc) is 2.39. The summed E-state index contributed by atoms with van der Waals surface area (Å²) < 4.78 is 0. The van der Waals surface area contributed by atoms with E-state index >= 15 is 0 Å². The Labute approximate surface area is 139 Å². The summed E-state index contributed by atoms with van der Waals surface area (Å²) in [6.45, 7) is 6.05. The van der Waals surface area contributed by atoms with Crippen LogP contribution < -0.4 is 0 Å². The second-order valence-corrected chi connectivity index (χ2v) is 5.67. The van der Waals surface area contributed by atoms with Gasteiger partial charge in [-0.2, -0.15) is 0 Å². The molecule has 0 N–H and O–H groups in total. The van der Waals surface area contributed by atoms with Gasteiger partial charge in [0.05, 0.1) is 0 Å². The predicted octanol–water partition coefficient (Wildman–Crippen LogP) is 6.66. The molecular formula is C18H36Te. The maximum Gasteiger partial charge on any atom is 0 e. The zero-order valence-corrected chi connectivity index (χ0v) is 15.6. The first-order chi connectivity index (χ1) is 8.91. The Kier molecular flexibility index (Phi) is 23.9. The quantitative estimate of drug-likeness (QED) is 0.169. The Bertz CT molecular complexity index is 154. The smallest absolute Gasteiger partial charge is 0 e. The van der Waals surface area contributed by atoms with Crippen LogP contribution in [0, 0.1) is 0 Å². The minimum Gasteiger partial charge on any atom is -0.103 e. The minimum absolute atomic E-state index is 0. The molecule has 0 atom stereocenters. The van der Waals surface area contributed by atoms with Crippen LogP contribution in [0.3, 0.4) is 0 Å². The van der Waals surface area contributed by atoms with Gasteiger partial charge in [0.1, 0.15) is 0 Å². The van der Waals surface area contributed by atoms with E-state index in [4.69, 9.17) is 0 Å². The van der Waals surface area contributed by atoms with Gasteiger partial charge in [-0.25, -0.2) is 0 Å². The maximum atomic E-state index is 3.76. The van der Waals surface area contributed by atoms with Gasteiger partial charge < -0.3 is 0 Å². The van der Waals surface area contributed by atoms with Gasteiger partial charge in [-0.3, -0.25) is 0 Å². The van der Waals surface area contributed by atoms with Crippen LogP contribution in [0.25, 0.3) is 0 Å². The summed E-state index contributed by atoms with van der Waals surface area (Å²) >= 11 is 0. The van der Waals surface area contributed by atoms with Crippen molar-refractivity contribution in [3.63, 3.8) is 0 Å². The molecule has 0 aliphatic rings. The number of unbranched alkanes of at least 4 members (excludes halogenated alkanes) is 14. The molecule has 1 heteroatoms. The fourth-order valence-electron chi connectivity index (χ4n) is 2.48. The van der Waals surface area contributed by atoms with Gasteiger partial charge in [0.15, 0.2) is 0 Å². The summed E-state index contributed by atoms with van der Waals surface area (Å²) in [7, 11) is 0. The fraction of sp³-hybridized carbons (Fsp3) is 0.889. The zero-order chi connectivity index (χ0) is 13.3. The molecule has 0 spiro atoms. The van der Waals surface area contributed by atoms with E-state index in [1.807, 2.05) is 6.08 Å². The van der Waals surface area contributed by atoms with Crippen molar-refractivity contribution >= 4 is 23.7 Å². The Morgan fingerprint density at radius 3 is 1.21 bits per heavy atom. The SMILES string of the molecule is C=CCCCCCCCCCCCCCCCC.[Te]. The van der Waals surface area contributed by atoms with Crippen LogP contribution in [0.4, 0.5) is 0 Å². The Hall–Kier alpha value is 0.530. The normalized spacial score (nSPS) is 10.2. The van der Waals surface area contributed by atoms with Crippen molar-refractivity contribution in [2.24, 2.45) is 0 Å². The molecule has 0 saturated carbocycles. The third-order valence-corrected chi connectivity index (χ3v) is 3.76. The summed E-state index contributed by atoms with van der Waals surface area (Å²) in [5, 5.41) is 0. The van der Waals surface area contributed by atoms with Gasteiger partial charge in [0.2, 0.25) is 0 Å². The Balaban J connectivity index is 0. The summed E-state index contributed by atoms with van der Waals surface area (Å²) in [4.78, 5) is 0. The van der Waals surface area contributed by atoms with Gasteiger partial charge >= 0.3 is 0 Å². The van der Waals surface area contributed by atoms with Gasteiger partial charge in [-0.05, 0) is 12.8 Å². The molecule has 0 rings (SSSR count). The molecule has 0 bridgehead atoms. The number of allylic oxidation sites excluding steroid dienone is 1. The maximum absolute atomic E-state index is 3.76. The van der Waals surface area contributed by atoms with Gasteiger partial charge in [0, 0.05) is 23.7 Å². The van der Waals surface area contributed by atoms with E-state index in [1.54, 1.807) is 0 Å². The van der Waals surface area contributed by atoms with Crippen molar-refractivity contribution in [3.05, 3.63) is 12.7 Å². The fourth-order valence-corrected chi connectivity index (χ4v) is 2.48. The number of hydrogen-bond acceptors (Lipinski definition) is 0. The van der Waals surface area contributed by atoms with Crippen LogP contribution in [0.2, 0.25) is 0 Å². The van der Waals surface area contributed by atoms with Crippen LogP contribution >= 0.6 is 0 Å². The molecule has 0 aromatic heterocycles. The van der Waals surface area contributed by atoms with E-state index < -0.39 is 0 Å². The van der Waals surface area contributed by atoms with Gasteiger partial charge in [-0.15, -0.1) is 6.58 Å². The van der Waals surface area contributed by atoms with Crippen molar-refractivity contribution in [2.75, 3.05) is 0 Å². The second-order valence-electron chi connectivity index (χ2n) is 5.67. The van der Waals surface area contributed by atoms with E-state index in [-0.39, 0.29) is 23.7 Å². The van der Waals surface area contributed by atoms with Crippen molar-refractivity contribution < 1.29 is 0 Å². The van der Waals surface area contributed by atoms with E-state index in [1.165, 1.54) is 96.3 Å². The van der Waals surface area contributed by atoms with Gasteiger partial charge in [0.25, 0.3) is 0 Å². The monoisotopic (exact) mass is 382 g/mol. The minimum atomic E-state index is 0. The second kappa shape index (κ2) is 20.8. The standard InChI is InChI=1S/C18H36.Te/c1-3-5-7-9-11-13-15-17-18-16-14-12-10-8-6-4-2;/h3H,1,4-18H2,2H3;.